The Morgan fingerprint density at radius 2 is 2.09 bits per heavy atom. The molecule has 0 unspecified atom stereocenters. The molecule has 0 aromatic carbocycles. The Morgan fingerprint density at radius 3 is 2.82 bits per heavy atom. The summed E-state index contributed by atoms with van der Waals surface area (Å²) in [5.74, 6) is 0.947. The third-order valence-corrected chi connectivity index (χ3v) is 4.11. The molecule has 2 aromatic heterocycles. The fourth-order valence-corrected chi connectivity index (χ4v) is 2.95. The smallest absolute Gasteiger partial charge is 0.219 e. The minimum atomic E-state index is 0.0982. The van der Waals surface area contributed by atoms with E-state index in [2.05, 4.69) is 15.0 Å². The highest BCUT2D eigenvalue weighted by Crippen LogP contribution is 2.28. The Morgan fingerprint density at radius 1 is 1.32 bits per heavy atom. The first kappa shape index (κ1) is 14.9. The third-order valence-electron chi connectivity index (χ3n) is 3.92. The van der Waals surface area contributed by atoms with Crippen molar-refractivity contribution in [3.63, 3.8) is 0 Å². The van der Waals surface area contributed by atoms with Crippen molar-refractivity contribution < 1.29 is 4.79 Å². The highest BCUT2D eigenvalue weighted by Gasteiger charge is 2.25. The summed E-state index contributed by atoms with van der Waals surface area (Å²) in [4.78, 5) is 26.5. The average molecular weight is 317 g/mol. The Kier molecular flexibility index (Phi) is 4.34. The molecule has 0 radical (unpaired) electrons. The van der Waals surface area contributed by atoms with Gasteiger partial charge in [-0.15, -0.1) is 0 Å². The second-order valence-electron chi connectivity index (χ2n) is 5.47. The van der Waals surface area contributed by atoms with Gasteiger partial charge in [0.2, 0.25) is 5.91 Å². The lowest BCUT2D eigenvalue weighted by molar-refractivity contribution is -0.130. The Labute approximate surface area is 134 Å². The van der Waals surface area contributed by atoms with Gasteiger partial charge in [-0.25, -0.2) is 9.97 Å². The van der Waals surface area contributed by atoms with Gasteiger partial charge < -0.3 is 4.90 Å². The highest BCUT2D eigenvalue weighted by molar-refractivity contribution is 6.29. The SMILES string of the molecule is CC(=O)N1CCC[C@@H](c2nc(Cl)cc(-c3ccncc3)n2)C1. The van der Waals surface area contributed by atoms with Crippen molar-refractivity contribution >= 4 is 17.5 Å². The number of hydrogen-bond acceptors (Lipinski definition) is 4. The number of nitrogens with zero attached hydrogens (tertiary/aromatic N) is 4. The summed E-state index contributed by atoms with van der Waals surface area (Å²) in [7, 11) is 0. The summed E-state index contributed by atoms with van der Waals surface area (Å²) < 4.78 is 0. The van der Waals surface area contributed by atoms with Gasteiger partial charge in [0.1, 0.15) is 11.0 Å². The Hall–Kier alpha value is -2.01. The van der Waals surface area contributed by atoms with Gasteiger partial charge in [0.25, 0.3) is 0 Å². The largest absolute Gasteiger partial charge is 0.342 e. The third kappa shape index (κ3) is 3.25. The number of carbonyl (C=O) groups excluding carboxylic acids is 1. The van der Waals surface area contributed by atoms with Crippen LogP contribution in [0.4, 0.5) is 0 Å². The van der Waals surface area contributed by atoms with Crippen LogP contribution in [0.25, 0.3) is 11.3 Å². The van der Waals surface area contributed by atoms with E-state index < -0.39 is 0 Å². The van der Waals surface area contributed by atoms with Crippen LogP contribution in [0.3, 0.4) is 0 Å². The van der Waals surface area contributed by atoms with Gasteiger partial charge in [-0.05, 0) is 25.0 Å². The predicted octanol–water partition coefficient (Wildman–Crippen LogP) is 2.92. The molecule has 1 fully saturated rings. The number of piperidine rings is 1. The summed E-state index contributed by atoms with van der Waals surface area (Å²) in [5.41, 5.74) is 1.75. The zero-order valence-electron chi connectivity index (χ0n) is 12.4. The average Bonchev–Trinajstić information content (AvgIpc) is 2.55. The number of pyridine rings is 1. The van der Waals surface area contributed by atoms with Crippen LogP contribution < -0.4 is 0 Å². The lowest BCUT2D eigenvalue weighted by Gasteiger charge is -2.31. The zero-order valence-corrected chi connectivity index (χ0v) is 13.1. The minimum absolute atomic E-state index is 0.0982. The molecule has 1 amide bonds. The van der Waals surface area contributed by atoms with E-state index in [9.17, 15) is 4.79 Å². The molecular weight excluding hydrogens is 300 g/mol. The molecule has 3 rings (SSSR count). The van der Waals surface area contributed by atoms with E-state index >= 15 is 0 Å². The van der Waals surface area contributed by atoms with Crippen molar-refractivity contribution in [2.45, 2.75) is 25.7 Å². The minimum Gasteiger partial charge on any atom is -0.342 e. The zero-order chi connectivity index (χ0) is 15.5. The molecule has 22 heavy (non-hydrogen) atoms. The van der Waals surface area contributed by atoms with Crippen molar-refractivity contribution in [1.29, 1.82) is 0 Å². The fraction of sp³-hybridized carbons (Fsp3) is 0.375. The van der Waals surface area contributed by atoms with Crippen LogP contribution in [-0.4, -0.2) is 38.8 Å². The molecule has 2 aromatic rings. The summed E-state index contributed by atoms with van der Waals surface area (Å²) in [6, 6.07) is 5.54. The summed E-state index contributed by atoms with van der Waals surface area (Å²) in [6.45, 7) is 3.07. The normalized spacial score (nSPS) is 18.3. The van der Waals surface area contributed by atoms with E-state index in [1.54, 1.807) is 25.4 Å². The molecule has 114 valence electrons. The predicted molar refractivity (Wildman–Crippen MR) is 84.5 cm³/mol. The maximum absolute atomic E-state index is 11.6. The Bertz CT molecular complexity index is 677. The van der Waals surface area contributed by atoms with Crippen LogP contribution >= 0.6 is 11.6 Å². The number of rotatable bonds is 2. The number of hydrogen-bond donors (Lipinski definition) is 0. The van der Waals surface area contributed by atoms with Crippen LogP contribution in [0.2, 0.25) is 5.15 Å². The number of halogens is 1. The van der Waals surface area contributed by atoms with Gasteiger partial charge in [-0.3, -0.25) is 9.78 Å². The van der Waals surface area contributed by atoms with Gasteiger partial charge in [0.15, 0.2) is 0 Å². The lowest BCUT2D eigenvalue weighted by atomic mass is 9.97. The topological polar surface area (TPSA) is 59.0 Å². The van der Waals surface area contributed by atoms with Crippen LogP contribution in [0.15, 0.2) is 30.6 Å². The van der Waals surface area contributed by atoms with Crippen molar-refractivity contribution in [3.8, 4) is 11.3 Å². The second-order valence-corrected chi connectivity index (χ2v) is 5.86. The quantitative estimate of drug-likeness (QED) is 0.799. The molecule has 1 atom stereocenters. The molecule has 1 aliphatic rings. The van der Waals surface area contributed by atoms with E-state index in [0.717, 1.165) is 30.6 Å². The lowest BCUT2D eigenvalue weighted by Crippen LogP contribution is -2.38. The van der Waals surface area contributed by atoms with Gasteiger partial charge in [0, 0.05) is 50.0 Å². The van der Waals surface area contributed by atoms with Crippen LogP contribution in [0.5, 0.6) is 0 Å². The van der Waals surface area contributed by atoms with E-state index in [4.69, 9.17) is 11.6 Å². The fourth-order valence-electron chi connectivity index (χ4n) is 2.76. The van der Waals surface area contributed by atoms with E-state index in [-0.39, 0.29) is 11.8 Å². The molecule has 5 nitrogen and oxygen atoms in total. The van der Waals surface area contributed by atoms with Gasteiger partial charge in [-0.1, -0.05) is 11.6 Å². The number of aromatic nitrogens is 3. The summed E-state index contributed by atoms with van der Waals surface area (Å²) >= 11 is 6.17. The molecule has 0 spiro atoms. The van der Waals surface area contributed by atoms with Crippen molar-refractivity contribution in [3.05, 3.63) is 41.6 Å². The van der Waals surface area contributed by atoms with Gasteiger partial charge >= 0.3 is 0 Å². The summed E-state index contributed by atoms with van der Waals surface area (Å²) in [5, 5.41) is 0.428. The monoisotopic (exact) mass is 316 g/mol. The van der Waals surface area contributed by atoms with Gasteiger partial charge in [0.05, 0.1) is 5.69 Å². The molecular formula is C16H17ClN4O. The first-order valence-corrected chi connectivity index (χ1v) is 7.71. The molecule has 6 heteroatoms. The molecule has 0 saturated carbocycles. The maximum atomic E-state index is 11.6. The van der Waals surface area contributed by atoms with E-state index in [1.807, 2.05) is 17.0 Å². The van der Waals surface area contributed by atoms with E-state index in [0.29, 0.717) is 17.5 Å². The molecule has 3 heterocycles. The molecule has 0 aliphatic carbocycles. The van der Waals surface area contributed by atoms with E-state index in [1.165, 1.54) is 0 Å². The second kappa shape index (κ2) is 6.40. The first-order chi connectivity index (χ1) is 10.6. The maximum Gasteiger partial charge on any atom is 0.219 e. The number of likely N-dealkylation sites (tertiary alicyclic amines) is 1. The molecule has 1 aliphatic heterocycles. The van der Waals surface area contributed by atoms with Crippen LogP contribution in [0, 0.1) is 0 Å². The first-order valence-electron chi connectivity index (χ1n) is 7.34. The molecule has 0 N–H and O–H groups in total. The molecule has 1 saturated heterocycles. The van der Waals surface area contributed by atoms with Crippen LogP contribution in [-0.2, 0) is 4.79 Å². The molecule has 0 bridgehead atoms. The van der Waals surface area contributed by atoms with Crippen molar-refractivity contribution in [2.75, 3.05) is 13.1 Å². The standard InChI is InChI=1S/C16H17ClN4O/c1-11(22)21-8-2-3-13(10-21)16-19-14(9-15(17)20-16)12-4-6-18-7-5-12/h4-7,9,13H,2-3,8,10H2,1H3/t13-/m1/s1. The number of amides is 1. The van der Waals surface area contributed by atoms with Crippen molar-refractivity contribution in [2.24, 2.45) is 0 Å². The highest BCUT2D eigenvalue weighted by atomic mass is 35.5. The van der Waals surface area contributed by atoms with Crippen LogP contribution in [0.1, 0.15) is 31.5 Å². The Balaban J connectivity index is 1.91. The van der Waals surface area contributed by atoms with Crippen molar-refractivity contribution in [1.82, 2.24) is 19.9 Å². The summed E-state index contributed by atoms with van der Waals surface area (Å²) in [6.07, 6.45) is 5.39. The number of carbonyl (C=O) groups is 1. The van der Waals surface area contributed by atoms with Gasteiger partial charge in [-0.2, -0.15) is 0 Å².